The van der Waals surface area contributed by atoms with Gasteiger partial charge in [0.05, 0.1) is 22.8 Å². The molecule has 3 N–H and O–H groups in total. The molecule has 1 aromatic rings. The fourth-order valence-electron chi connectivity index (χ4n) is 1.96. The second kappa shape index (κ2) is 6.76. The van der Waals surface area contributed by atoms with E-state index >= 15 is 0 Å². The van der Waals surface area contributed by atoms with Crippen molar-refractivity contribution in [1.82, 2.24) is 0 Å². The van der Waals surface area contributed by atoms with E-state index in [1.807, 2.05) is 19.1 Å². The molecule has 20 heavy (non-hydrogen) atoms. The number of benzene rings is 1. The summed E-state index contributed by atoms with van der Waals surface area (Å²) in [5.74, 6) is 1.40. The molecule has 1 aromatic carbocycles. The summed E-state index contributed by atoms with van der Waals surface area (Å²) in [6, 6.07) is 3.80. The second-order valence-corrected chi connectivity index (χ2v) is 5.69. The monoisotopic (exact) mass is 345 g/mol. The molecule has 6 heteroatoms. The summed E-state index contributed by atoms with van der Waals surface area (Å²) in [7, 11) is 0. The molecule has 0 radical (unpaired) electrons. The Morgan fingerprint density at radius 3 is 2.70 bits per heavy atom. The first-order chi connectivity index (χ1) is 9.52. The Hall–Kier alpha value is -0.820. The van der Waals surface area contributed by atoms with Crippen molar-refractivity contribution in [2.45, 2.75) is 32.2 Å². The van der Waals surface area contributed by atoms with E-state index in [1.54, 1.807) is 6.92 Å². The molecule has 1 aliphatic heterocycles. The molecule has 0 saturated carbocycles. The van der Waals surface area contributed by atoms with Crippen LogP contribution in [0.1, 0.15) is 25.5 Å². The fourth-order valence-corrected chi connectivity index (χ4v) is 2.53. The van der Waals surface area contributed by atoms with E-state index in [2.05, 4.69) is 15.9 Å². The maximum absolute atomic E-state index is 9.54. The molecule has 3 unspecified atom stereocenters. The van der Waals surface area contributed by atoms with E-state index in [0.717, 1.165) is 10.0 Å². The third kappa shape index (κ3) is 3.44. The molecule has 0 bridgehead atoms. The lowest BCUT2D eigenvalue weighted by Gasteiger charge is -2.26. The molecule has 0 amide bonds. The maximum atomic E-state index is 9.54. The molecule has 0 spiro atoms. The van der Waals surface area contributed by atoms with Crippen molar-refractivity contribution in [3.05, 3.63) is 22.2 Å². The number of fused-ring (bicyclic) bond motifs is 1. The van der Waals surface area contributed by atoms with Gasteiger partial charge in [-0.1, -0.05) is 0 Å². The van der Waals surface area contributed by atoms with E-state index in [-0.39, 0.29) is 12.2 Å². The molecule has 0 saturated heterocycles. The summed E-state index contributed by atoms with van der Waals surface area (Å²) in [5.41, 5.74) is 6.68. The van der Waals surface area contributed by atoms with Gasteiger partial charge in [-0.3, -0.25) is 0 Å². The molecule has 0 aliphatic carbocycles. The van der Waals surface area contributed by atoms with Crippen LogP contribution >= 0.6 is 15.9 Å². The van der Waals surface area contributed by atoms with E-state index in [1.165, 1.54) is 0 Å². The zero-order valence-corrected chi connectivity index (χ0v) is 13.2. The van der Waals surface area contributed by atoms with Gasteiger partial charge in [0.2, 0.25) is 0 Å². The Balaban J connectivity index is 2.24. The summed E-state index contributed by atoms with van der Waals surface area (Å²) in [5, 5.41) is 9.54. The lowest BCUT2D eigenvalue weighted by Crippen LogP contribution is -2.28. The highest BCUT2D eigenvalue weighted by Crippen LogP contribution is 2.40. The van der Waals surface area contributed by atoms with Crippen molar-refractivity contribution < 1.29 is 19.3 Å². The molecule has 2 rings (SSSR count). The van der Waals surface area contributed by atoms with Crippen LogP contribution in [-0.4, -0.2) is 37.1 Å². The van der Waals surface area contributed by atoms with E-state index < -0.39 is 6.10 Å². The predicted molar refractivity (Wildman–Crippen MR) is 79.2 cm³/mol. The summed E-state index contributed by atoms with van der Waals surface area (Å²) in [6.07, 6.45) is -1.15. The molecule has 5 nitrogen and oxygen atoms in total. The quantitative estimate of drug-likeness (QED) is 0.853. The maximum Gasteiger partial charge on any atom is 0.175 e. The number of aliphatic hydroxyl groups is 1. The van der Waals surface area contributed by atoms with Gasteiger partial charge in [0.1, 0.15) is 13.2 Å². The van der Waals surface area contributed by atoms with Crippen LogP contribution in [-0.2, 0) is 4.74 Å². The number of aliphatic hydroxyl groups excluding tert-OH is 1. The van der Waals surface area contributed by atoms with Gasteiger partial charge in [0.15, 0.2) is 11.5 Å². The van der Waals surface area contributed by atoms with Crippen molar-refractivity contribution in [3.8, 4) is 11.5 Å². The lowest BCUT2D eigenvalue weighted by atomic mass is 10.1. The van der Waals surface area contributed by atoms with Gasteiger partial charge in [0.25, 0.3) is 0 Å². The Labute approximate surface area is 127 Å². The zero-order chi connectivity index (χ0) is 14.7. The standard InChI is InChI=1S/C14H20BrNO4/c1-8(17)9(2)20-13(7-16)10-5-11(15)14-12(6-10)18-3-4-19-14/h5-6,8-9,13,17H,3-4,7,16H2,1-2H3. The third-order valence-corrected chi connectivity index (χ3v) is 3.85. The van der Waals surface area contributed by atoms with Crippen LogP contribution in [0.25, 0.3) is 0 Å². The second-order valence-electron chi connectivity index (χ2n) is 4.83. The fraction of sp³-hybridized carbons (Fsp3) is 0.571. The largest absolute Gasteiger partial charge is 0.486 e. The summed E-state index contributed by atoms with van der Waals surface area (Å²) in [4.78, 5) is 0. The first kappa shape index (κ1) is 15.6. The summed E-state index contributed by atoms with van der Waals surface area (Å²) < 4.78 is 17.8. The van der Waals surface area contributed by atoms with E-state index in [4.69, 9.17) is 19.9 Å². The summed E-state index contributed by atoms with van der Waals surface area (Å²) >= 11 is 3.47. The Kier molecular flexibility index (Phi) is 5.26. The minimum Gasteiger partial charge on any atom is -0.486 e. The molecule has 1 heterocycles. The molecule has 0 aromatic heterocycles. The van der Waals surface area contributed by atoms with Gasteiger partial charge in [-0.05, 0) is 47.5 Å². The minimum atomic E-state index is -0.551. The van der Waals surface area contributed by atoms with Crippen molar-refractivity contribution in [2.75, 3.05) is 19.8 Å². The molecule has 3 atom stereocenters. The topological polar surface area (TPSA) is 73.9 Å². The minimum absolute atomic E-state index is 0.296. The molecular weight excluding hydrogens is 326 g/mol. The van der Waals surface area contributed by atoms with Crippen LogP contribution in [0.5, 0.6) is 11.5 Å². The SMILES string of the molecule is CC(O)C(C)OC(CN)c1cc(Br)c2c(c1)OCCO2. The van der Waals surface area contributed by atoms with Gasteiger partial charge in [0, 0.05) is 6.54 Å². The number of hydrogen-bond donors (Lipinski definition) is 2. The number of hydrogen-bond acceptors (Lipinski definition) is 5. The average Bonchev–Trinajstić information content (AvgIpc) is 2.44. The number of nitrogens with two attached hydrogens (primary N) is 1. The van der Waals surface area contributed by atoms with Crippen LogP contribution in [0, 0.1) is 0 Å². The normalized spacial score (nSPS) is 18.4. The highest BCUT2D eigenvalue weighted by atomic mass is 79.9. The lowest BCUT2D eigenvalue weighted by molar-refractivity contribution is -0.0592. The van der Waals surface area contributed by atoms with Gasteiger partial charge in [-0.25, -0.2) is 0 Å². The molecule has 112 valence electrons. The first-order valence-electron chi connectivity index (χ1n) is 6.65. The third-order valence-electron chi connectivity index (χ3n) is 3.26. The van der Waals surface area contributed by atoms with Gasteiger partial charge in [-0.2, -0.15) is 0 Å². The van der Waals surface area contributed by atoms with E-state index in [9.17, 15) is 5.11 Å². The molecule has 0 fully saturated rings. The van der Waals surface area contributed by atoms with Crippen LogP contribution in [0.2, 0.25) is 0 Å². The van der Waals surface area contributed by atoms with Crippen molar-refractivity contribution in [3.63, 3.8) is 0 Å². The van der Waals surface area contributed by atoms with Crippen molar-refractivity contribution in [2.24, 2.45) is 5.73 Å². The van der Waals surface area contributed by atoms with Crippen LogP contribution in [0.3, 0.4) is 0 Å². The number of halogens is 1. The van der Waals surface area contributed by atoms with Gasteiger partial charge in [-0.15, -0.1) is 0 Å². The smallest absolute Gasteiger partial charge is 0.175 e. The molecule has 1 aliphatic rings. The highest BCUT2D eigenvalue weighted by Gasteiger charge is 2.22. The number of rotatable bonds is 5. The van der Waals surface area contributed by atoms with Crippen molar-refractivity contribution >= 4 is 15.9 Å². The first-order valence-corrected chi connectivity index (χ1v) is 7.45. The Bertz CT molecular complexity index is 467. The highest BCUT2D eigenvalue weighted by molar-refractivity contribution is 9.10. The summed E-state index contributed by atoms with van der Waals surface area (Å²) in [6.45, 7) is 4.91. The zero-order valence-electron chi connectivity index (χ0n) is 11.6. The Morgan fingerprint density at radius 2 is 2.05 bits per heavy atom. The molecular formula is C14H20BrNO4. The average molecular weight is 346 g/mol. The predicted octanol–water partition coefficient (Wildman–Crippen LogP) is 2.01. The van der Waals surface area contributed by atoms with Gasteiger partial charge >= 0.3 is 0 Å². The van der Waals surface area contributed by atoms with E-state index in [0.29, 0.717) is 31.3 Å². The Morgan fingerprint density at radius 1 is 1.35 bits per heavy atom. The van der Waals surface area contributed by atoms with Crippen LogP contribution in [0.15, 0.2) is 16.6 Å². The van der Waals surface area contributed by atoms with Gasteiger partial charge < -0.3 is 25.1 Å². The number of ether oxygens (including phenoxy) is 3. The van der Waals surface area contributed by atoms with Crippen molar-refractivity contribution in [1.29, 1.82) is 0 Å². The van der Waals surface area contributed by atoms with Crippen LogP contribution in [0.4, 0.5) is 0 Å². The van der Waals surface area contributed by atoms with Crippen LogP contribution < -0.4 is 15.2 Å².